The molecule has 2 rings (SSSR count). The van der Waals surface area contributed by atoms with E-state index in [4.69, 9.17) is 0 Å². The van der Waals surface area contributed by atoms with Crippen LogP contribution >= 0.6 is 11.3 Å². The summed E-state index contributed by atoms with van der Waals surface area (Å²) in [5.74, 6) is -0.796. The minimum absolute atomic E-state index is 0.245. The second-order valence-corrected chi connectivity index (χ2v) is 4.40. The number of halogens is 1. The average Bonchev–Trinajstić information content (AvgIpc) is 2.76. The standard InChI is InChI=1S/C12H10FNO2S/c1-7-3-8(5-9(13)4-7)11-14-10(6-17-11)12(15)16-2/h3-6H,1-2H3. The van der Waals surface area contributed by atoms with Gasteiger partial charge in [-0.25, -0.2) is 14.2 Å². The summed E-state index contributed by atoms with van der Waals surface area (Å²) in [5, 5.41) is 2.20. The third kappa shape index (κ3) is 2.50. The van der Waals surface area contributed by atoms with Gasteiger partial charge < -0.3 is 4.74 Å². The molecule has 17 heavy (non-hydrogen) atoms. The first-order chi connectivity index (χ1) is 8.10. The molecule has 0 amide bonds. The van der Waals surface area contributed by atoms with Crippen LogP contribution in [0.4, 0.5) is 4.39 Å². The fourth-order valence-electron chi connectivity index (χ4n) is 1.46. The number of aryl methyl sites for hydroxylation is 1. The van der Waals surface area contributed by atoms with Gasteiger partial charge in [-0.15, -0.1) is 11.3 Å². The molecule has 0 radical (unpaired) electrons. The van der Waals surface area contributed by atoms with Crippen LogP contribution in [-0.4, -0.2) is 18.1 Å². The Hall–Kier alpha value is -1.75. The fraction of sp³-hybridized carbons (Fsp3) is 0.167. The number of esters is 1. The van der Waals surface area contributed by atoms with Crippen molar-refractivity contribution in [2.45, 2.75) is 6.92 Å². The number of hydrogen-bond acceptors (Lipinski definition) is 4. The van der Waals surface area contributed by atoms with Crippen LogP contribution in [0.1, 0.15) is 16.1 Å². The molecule has 1 aromatic heterocycles. The lowest BCUT2D eigenvalue weighted by Crippen LogP contribution is -2.00. The lowest BCUT2D eigenvalue weighted by atomic mass is 10.1. The zero-order valence-electron chi connectivity index (χ0n) is 9.36. The van der Waals surface area contributed by atoms with Gasteiger partial charge in [-0.3, -0.25) is 0 Å². The van der Waals surface area contributed by atoms with Gasteiger partial charge in [0, 0.05) is 10.9 Å². The van der Waals surface area contributed by atoms with Crippen LogP contribution in [0.5, 0.6) is 0 Å². The molecule has 2 aromatic rings. The van der Waals surface area contributed by atoms with Gasteiger partial charge in [0.2, 0.25) is 0 Å². The van der Waals surface area contributed by atoms with Crippen molar-refractivity contribution in [3.05, 3.63) is 40.7 Å². The minimum atomic E-state index is -0.486. The minimum Gasteiger partial charge on any atom is -0.464 e. The SMILES string of the molecule is COC(=O)c1csc(-c2cc(C)cc(F)c2)n1. The molecule has 0 aliphatic heterocycles. The molecule has 0 unspecified atom stereocenters. The molecule has 0 spiro atoms. The quantitative estimate of drug-likeness (QED) is 0.770. The Labute approximate surface area is 102 Å². The molecule has 0 saturated carbocycles. The van der Waals surface area contributed by atoms with Gasteiger partial charge in [-0.1, -0.05) is 0 Å². The number of hydrogen-bond donors (Lipinski definition) is 0. The summed E-state index contributed by atoms with van der Waals surface area (Å²) in [7, 11) is 1.30. The number of nitrogens with zero attached hydrogens (tertiary/aromatic N) is 1. The molecule has 3 nitrogen and oxygen atoms in total. The van der Waals surface area contributed by atoms with Crippen molar-refractivity contribution in [1.82, 2.24) is 4.98 Å². The highest BCUT2D eigenvalue weighted by Crippen LogP contribution is 2.25. The number of aromatic nitrogens is 1. The molecule has 0 bridgehead atoms. The van der Waals surface area contributed by atoms with Crippen molar-refractivity contribution >= 4 is 17.3 Å². The first-order valence-corrected chi connectivity index (χ1v) is 5.79. The summed E-state index contributed by atoms with van der Waals surface area (Å²) in [6, 6.07) is 4.66. The normalized spacial score (nSPS) is 10.3. The van der Waals surface area contributed by atoms with Gasteiger partial charge in [0.05, 0.1) is 7.11 Å². The van der Waals surface area contributed by atoms with E-state index in [2.05, 4.69) is 9.72 Å². The number of ether oxygens (including phenoxy) is 1. The van der Waals surface area contributed by atoms with Crippen LogP contribution in [-0.2, 0) is 4.74 Å². The summed E-state index contributed by atoms with van der Waals surface area (Å²) in [5.41, 5.74) is 1.73. The summed E-state index contributed by atoms with van der Waals surface area (Å²) in [6.07, 6.45) is 0. The van der Waals surface area contributed by atoms with E-state index < -0.39 is 5.97 Å². The molecule has 1 heterocycles. The second kappa shape index (κ2) is 4.63. The second-order valence-electron chi connectivity index (χ2n) is 3.55. The van der Waals surface area contributed by atoms with E-state index in [-0.39, 0.29) is 11.5 Å². The van der Waals surface area contributed by atoms with Gasteiger partial charge in [-0.2, -0.15) is 0 Å². The Morgan fingerprint density at radius 2 is 2.18 bits per heavy atom. The van der Waals surface area contributed by atoms with Crippen LogP contribution in [0.15, 0.2) is 23.6 Å². The molecule has 5 heteroatoms. The monoisotopic (exact) mass is 251 g/mol. The van der Waals surface area contributed by atoms with E-state index in [9.17, 15) is 9.18 Å². The maximum absolute atomic E-state index is 13.2. The van der Waals surface area contributed by atoms with Crippen LogP contribution in [0.3, 0.4) is 0 Å². The van der Waals surface area contributed by atoms with E-state index in [1.54, 1.807) is 12.3 Å². The van der Waals surface area contributed by atoms with Crippen molar-refractivity contribution in [2.24, 2.45) is 0 Å². The maximum atomic E-state index is 13.2. The van der Waals surface area contributed by atoms with Crippen LogP contribution in [0.25, 0.3) is 10.6 Å². The molecule has 0 aliphatic carbocycles. The fourth-order valence-corrected chi connectivity index (χ4v) is 2.24. The van der Waals surface area contributed by atoms with E-state index >= 15 is 0 Å². The van der Waals surface area contributed by atoms with Crippen LogP contribution in [0, 0.1) is 12.7 Å². The molecule has 1 aromatic carbocycles. The van der Waals surface area contributed by atoms with Gasteiger partial charge in [0.1, 0.15) is 10.8 Å². The highest BCUT2D eigenvalue weighted by molar-refractivity contribution is 7.13. The number of methoxy groups -OCH3 is 1. The maximum Gasteiger partial charge on any atom is 0.357 e. The first-order valence-electron chi connectivity index (χ1n) is 4.91. The Bertz CT molecular complexity index is 545. The summed E-state index contributed by atoms with van der Waals surface area (Å²) in [4.78, 5) is 15.4. The zero-order valence-corrected chi connectivity index (χ0v) is 10.2. The lowest BCUT2D eigenvalue weighted by molar-refractivity contribution is 0.0595. The molecule has 0 fully saturated rings. The van der Waals surface area contributed by atoms with Crippen molar-refractivity contribution in [3.63, 3.8) is 0 Å². The Balaban J connectivity index is 2.40. The van der Waals surface area contributed by atoms with Gasteiger partial charge in [0.25, 0.3) is 0 Å². The number of carbonyl (C=O) groups excluding carboxylic acids is 1. The predicted molar refractivity (Wildman–Crippen MR) is 63.6 cm³/mol. The highest BCUT2D eigenvalue weighted by Gasteiger charge is 2.12. The number of rotatable bonds is 2. The molecule has 0 N–H and O–H groups in total. The summed E-state index contributed by atoms with van der Waals surface area (Å²) < 4.78 is 17.8. The van der Waals surface area contributed by atoms with Crippen LogP contribution < -0.4 is 0 Å². The molecular weight excluding hydrogens is 241 g/mol. The molecule has 0 atom stereocenters. The third-order valence-electron chi connectivity index (χ3n) is 2.19. The Morgan fingerprint density at radius 3 is 2.82 bits per heavy atom. The van der Waals surface area contributed by atoms with E-state index in [1.807, 2.05) is 6.07 Å². The van der Waals surface area contributed by atoms with Crippen molar-refractivity contribution in [1.29, 1.82) is 0 Å². The zero-order chi connectivity index (χ0) is 12.4. The average molecular weight is 251 g/mol. The van der Waals surface area contributed by atoms with Gasteiger partial charge in [-0.05, 0) is 30.7 Å². The highest BCUT2D eigenvalue weighted by atomic mass is 32.1. The number of carbonyl (C=O) groups is 1. The van der Waals surface area contributed by atoms with Gasteiger partial charge >= 0.3 is 5.97 Å². The third-order valence-corrected chi connectivity index (χ3v) is 3.08. The largest absolute Gasteiger partial charge is 0.464 e. The molecule has 88 valence electrons. The lowest BCUT2D eigenvalue weighted by Gasteiger charge is -1.99. The topological polar surface area (TPSA) is 39.2 Å². The van der Waals surface area contributed by atoms with E-state index in [0.29, 0.717) is 10.6 Å². The van der Waals surface area contributed by atoms with E-state index in [0.717, 1.165) is 5.56 Å². The Morgan fingerprint density at radius 1 is 1.41 bits per heavy atom. The Kier molecular flexibility index (Phi) is 3.19. The van der Waals surface area contributed by atoms with Crippen molar-refractivity contribution in [3.8, 4) is 10.6 Å². The van der Waals surface area contributed by atoms with E-state index in [1.165, 1.54) is 30.6 Å². The van der Waals surface area contributed by atoms with Crippen LogP contribution in [0.2, 0.25) is 0 Å². The van der Waals surface area contributed by atoms with Crippen molar-refractivity contribution < 1.29 is 13.9 Å². The molecule has 0 aliphatic rings. The summed E-state index contributed by atoms with van der Waals surface area (Å²) >= 11 is 1.29. The first kappa shape index (κ1) is 11.7. The summed E-state index contributed by atoms with van der Waals surface area (Å²) in [6.45, 7) is 1.81. The molecular formula is C12H10FNO2S. The number of thiazole rings is 1. The number of benzene rings is 1. The van der Waals surface area contributed by atoms with Gasteiger partial charge in [0.15, 0.2) is 5.69 Å². The molecule has 0 saturated heterocycles. The van der Waals surface area contributed by atoms with Crippen molar-refractivity contribution in [2.75, 3.05) is 7.11 Å². The predicted octanol–water partition coefficient (Wildman–Crippen LogP) is 3.04. The smallest absolute Gasteiger partial charge is 0.357 e.